The fraction of sp³-hybridized carbons (Fsp3) is 0.619. The minimum atomic E-state index is -0.157. The number of hydrogen-bond donors (Lipinski definition) is 2. The normalized spacial score (nSPS) is 14.8. The van der Waals surface area contributed by atoms with Crippen molar-refractivity contribution in [3.63, 3.8) is 0 Å². The number of carbonyl (C=O) groups is 2. The van der Waals surface area contributed by atoms with Crippen LogP contribution in [0, 0.1) is 5.92 Å². The Hall–Kier alpha value is -2.08. The molecule has 0 aromatic heterocycles. The van der Waals surface area contributed by atoms with Gasteiger partial charge >= 0.3 is 0 Å². The molecule has 1 aromatic rings. The number of nitrogens with one attached hydrogen (secondary N) is 2. The number of para-hydroxylation sites is 1. The van der Waals surface area contributed by atoms with Crippen LogP contribution in [0.1, 0.15) is 49.9 Å². The minimum absolute atomic E-state index is 0.157. The standard InChI is InChI=1S/C21H33N3O3/c1-3-22-16-17-11-14-24(15-12-17)20(25)10-7-13-23-21(26)18-8-5-6-9-19(18)27-4-2/h5-6,8-9,17,22H,3-4,7,10-16H2,1-2H3,(H,23,26). The largest absolute Gasteiger partial charge is 0.493 e. The van der Waals surface area contributed by atoms with Gasteiger partial charge in [-0.1, -0.05) is 19.1 Å². The smallest absolute Gasteiger partial charge is 0.255 e. The molecule has 0 unspecified atom stereocenters. The zero-order valence-electron chi connectivity index (χ0n) is 16.6. The number of rotatable bonds is 10. The van der Waals surface area contributed by atoms with Gasteiger partial charge < -0.3 is 20.3 Å². The average molecular weight is 376 g/mol. The number of ether oxygens (including phenoxy) is 1. The van der Waals surface area contributed by atoms with Crippen LogP contribution in [0.25, 0.3) is 0 Å². The highest BCUT2D eigenvalue weighted by molar-refractivity contribution is 5.96. The number of benzene rings is 1. The van der Waals surface area contributed by atoms with Crippen molar-refractivity contribution < 1.29 is 14.3 Å². The second-order valence-electron chi connectivity index (χ2n) is 6.92. The van der Waals surface area contributed by atoms with E-state index in [1.807, 2.05) is 24.0 Å². The summed E-state index contributed by atoms with van der Waals surface area (Å²) >= 11 is 0. The van der Waals surface area contributed by atoms with Gasteiger partial charge in [0.2, 0.25) is 5.91 Å². The summed E-state index contributed by atoms with van der Waals surface area (Å²) in [6.07, 6.45) is 3.28. The Balaban J connectivity index is 1.67. The van der Waals surface area contributed by atoms with Crippen molar-refractivity contribution in [2.24, 2.45) is 5.92 Å². The van der Waals surface area contributed by atoms with Crippen LogP contribution in [0.2, 0.25) is 0 Å². The highest BCUT2D eigenvalue weighted by Gasteiger charge is 2.22. The third-order valence-electron chi connectivity index (χ3n) is 4.93. The number of amides is 2. The second-order valence-corrected chi connectivity index (χ2v) is 6.92. The Kier molecular flexibility index (Phi) is 9.11. The summed E-state index contributed by atoms with van der Waals surface area (Å²) in [4.78, 5) is 26.6. The lowest BCUT2D eigenvalue weighted by molar-refractivity contribution is -0.132. The van der Waals surface area contributed by atoms with E-state index in [2.05, 4.69) is 17.6 Å². The summed E-state index contributed by atoms with van der Waals surface area (Å²) in [6, 6.07) is 7.22. The first-order valence-corrected chi connectivity index (χ1v) is 10.1. The van der Waals surface area contributed by atoms with Crippen LogP contribution in [-0.2, 0) is 4.79 Å². The first-order chi connectivity index (χ1) is 13.2. The molecule has 1 fully saturated rings. The minimum Gasteiger partial charge on any atom is -0.493 e. The molecule has 1 aromatic carbocycles. The summed E-state index contributed by atoms with van der Waals surface area (Å²) in [5, 5.41) is 6.28. The quantitative estimate of drug-likeness (QED) is 0.616. The van der Waals surface area contributed by atoms with Crippen LogP contribution in [0.5, 0.6) is 5.75 Å². The molecule has 1 aliphatic heterocycles. The molecule has 0 bridgehead atoms. The zero-order valence-corrected chi connectivity index (χ0v) is 16.6. The van der Waals surface area contributed by atoms with E-state index in [0.29, 0.717) is 43.2 Å². The maximum atomic E-state index is 12.4. The molecular formula is C21H33N3O3. The van der Waals surface area contributed by atoms with Crippen molar-refractivity contribution in [1.82, 2.24) is 15.5 Å². The third kappa shape index (κ3) is 6.86. The van der Waals surface area contributed by atoms with Gasteiger partial charge in [0.05, 0.1) is 12.2 Å². The fourth-order valence-corrected chi connectivity index (χ4v) is 3.37. The van der Waals surface area contributed by atoms with Gasteiger partial charge in [-0.25, -0.2) is 0 Å². The molecule has 2 rings (SSSR count). The Labute approximate surface area is 162 Å². The van der Waals surface area contributed by atoms with E-state index < -0.39 is 0 Å². The Bertz CT molecular complexity index is 598. The van der Waals surface area contributed by atoms with E-state index in [1.165, 1.54) is 0 Å². The highest BCUT2D eigenvalue weighted by Crippen LogP contribution is 2.18. The molecule has 27 heavy (non-hydrogen) atoms. The van der Waals surface area contributed by atoms with Gasteiger partial charge in [0.15, 0.2) is 0 Å². The van der Waals surface area contributed by atoms with E-state index in [-0.39, 0.29) is 11.8 Å². The number of hydrogen-bond acceptors (Lipinski definition) is 4. The molecule has 150 valence electrons. The van der Waals surface area contributed by atoms with Gasteiger partial charge in [0.1, 0.15) is 5.75 Å². The lowest BCUT2D eigenvalue weighted by Crippen LogP contribution is -2.41. The van der Waals surface area contributed by atoms with Crippen LogP contribution in [0.15, 0.2) is 24.3 Å². The van der Waals surface area contributed by atoms with Crippen LogP contribution < -0.4 is 15.4 Å². The van der Waals surface area contributed by atoms with Crippen molar-refractivity contribution in [3.05, 3.63) is 29.8 Å². The molecule has 0 radical (unpaired) electrons. The predicted octanol–water partition coefficient (Wildman–Crippen LogP) is 2.44. The molecule has 2 N–H and O–H groups in total. The van der Waals surface area contributed by atoms with Crippen molar-refractivity contribution in [3.8, 4) is 5.75 Å². The molecule has 2 amide bonds. The van der Waals surface area contributed by atoms with E-state index >= 15 is 0 Å². The number of carbonyl (C=O) groups excluding carboxylic acids is 2. The maximum absolute atomic E-state index is 12.4. The summed E-state index contributed by atoms with van der Waals surface area (Å²) < 4.78 is 5.49. The average Bonchev–Trinajstić information content (AvgIpc) is 2.70. The van der Waals surface area contributed by atoms with Crippen LogP contribution >= 0.6 is 0 Å². The Morgan fingerprint density at radius 3 is 2.63 bits per heavy atom. The van der Waals surface area contributed by atoms with E-state index in [0.717, 1.165) is 39.0 Å². The SMILES string of the molecule is CCNCC1CCN(C(=O)CCCNC(=O)c2ccccc2OCC)CC1. The molecule has 1 heterocycles. The maximum Gasteiger partial charge on any atom is 0.255 e. The van der Waals surface area contributed by atoms with Crippen molar-refractivity contribution in [2.75, 3.05) is 39.3 Å². The molecule has 1 aliphatic rings. The molecule has 0 spiro atoms. The molecular weight excluding hydrogens is 342 g/mol. The molecule has 6 heteroatoms. The van der Waals surface area contributed by atoms with Gasteiger partial charge in [0, 0.05) is 26.1 Å². The zero-order chi connectivity index (χ0) is 19.5. The topological polar surface area (TPSA) is 70.7 Å². The lowest BCUT2D eigenvalue weighted by atomic mass is 9.96. The first kappa shape index (κ1) is 21.2. The van der Waals surface area contributed by atoms with Crippen LogP contribution in [0.4, 0.5) is 0 Å². The summed E-state index contributed by atoms with van der Waals surface area (Å²) in [6.45, 7) is 8.77. The molecule has 0 saturated carbocycles. The van der Waals surface area contributed by atoms with Crippen LogP contribution in [-0.4, -0.2) is 56.0 Å². The molecule has 1 saturated heterocycles. The summed E-state index contributed by atoms with van der Waals surface area (Å²) in [5.74, 6) is 1.31. The third-order valence-corrected chi connectivity index (χ3v) is 4.93. The number of likely N-dealkylation sites (tertiary alicyclic amines) is 1. The van der Waals surface area contributed by atoms with Crippen LogP contribution in [0.3, 0.4) is 0 Å². The molecule has 0 atom stereocenters. The van der Waals surface area contributed by atoms with E-state index in [9.17, 15) is 9.59 Å². The first-order valence-electron chi connectivity index (χ1n) is 10.1. The van der Waals surface area contributed by atoms with E-state index in [4.69, 9.17) is 4.74 Å². The number of piperidine rings is 1. The number of nitrogens with zero attached hydrogens (tertiary/aromatic N) is 1. The fourth-order valence-electron chi connectivity index (χ4n) is 3.37. The molecule has 6 nitrogen and oxygen atoms in total. The predicted molar refractivity (Wildman–Crippen MR) is 107 cm³/mol. The van der Waals surface area contributed by atoms with Crippen molar-refractivity contribution in [1.29, 1.82) is 0 Å². The Morgan fingerprint density at radius 2 is 1.93 bits per heavy atom. The summed E-state index contributed by atoms with van der Waals surface area (Å²) in [5.41, 5.74) is 0.536. The monoisotopic (exact) mass is 375 g/mol. The van der Waals surface area contributed by atoms with Gasteiger partial charge in [-0.15, -0.1) is 0 Å². The summed E-state index contributed by atoms with van der Waals surface area (Å²) in [7, 11) is 0. The van der Waals surface area contributed by atoms with Gasteiger partial charge in [-0.2, -0.15) is 0 Å². The van der Waals surface area contributed by atoms with Crippen molar-refractivity contribution in [2.45, 2.75) is 39.5 Å². The lowest BCUT2D eigenvalue weighted by Gasteiger charge is -2.32. The van der Waals surface area contributed by atoms with Gasteiger partial charge in [-0.3, -0.25) is 9.59 Å². The second kappa shape index (κ2) is 11.6. The Morgan fingerprint density at radius 1 is 1.19 bits per heavy atom. The van der Waals surface area contributed by atoms with Gasteiger partial charge in [0.25, 0.3) is 5.91 Å². The van der Waals surface area contributed by atoms with Gasteiger partial charge in [-0.05, 0) is 57.3 Å². The van der Waals surface area contributed by atoms with E-state index in [1.54, 1.807) is 12.1 Å². The molecule has 0 aliphatic carbocycles. The highest BCUT2D eigenvalue weighted by atomic mass is 16.5. The van der Waals surface area contributed by atoms with Crippen molar-refractivity contribution >= 4 is 11.8 Å².